The van der Waals surface area contributed by atoms with Crippen LogP contribution < -0.4 is 0 Å². The van der Waals surface area contributed by atoms with Crippen LogP contribution in [0.4, 0.5) is 0 Å². The zero-order valence-electron chi connectivity index (χ0n) is 6.65. The van der Waals surface area contributed by atoms with Crippen molar-refractivity contribution in [2.75, 3.05) is 0 Å². The van der Waals surface area contributed by atoms with Crippen molar-refractivity contribution >= 4 is 0 Å². The highest BCUT2D eigenvalue weighted by Gasteiger charge is 2.08. The Hall–Kier alpha value is -1.58. The van der Waals surface area contributed by atoms with Gasteiger partial charge < -0.3 is 10.2 Å². The number of aromatic hydroxyl groups is 2. The van der Waals surface area contributed by atoms with Gasteiger partial charge >= 0.3 is 0 Å². The molecule has 4 heteroatoms. The molecule has 64 valence electrons. The van der Waals surface area contributed by atoms with Crippen molar-refractivity contribution in [2.24, 2.45) is 5.11 Å². The van der Waals surface area contributed by atoms with E-state index >= 15 is 0 Å². The highest BCUT2D eigenvalue weighted by atomic mass is 16.3. The molecule has 0 spiro atoms. The Morgan fingerprint density at radius 3 is 2.58 bits per heavy atom. The molecule has 1 rings (SSSR count). The molecule has 0 saturated carbocycles. The lowest BCUT2D eigenvalue weighted by Gasteiger charge is -2.06. The van der Waals surface area contributed by atoms with E-state index in [1.165, 1.54) is 12.1 Å². The van der Waals surface area contributed by atoms with Crippen LogP contribution in [0.25, 0.3) is 0 Å². The fraction of sp³-hybridized carbons (Fsp3) is 0.250. The molecule has 4 nitrogen and oxygen atoms in total. The Morgan fingerprint density at radius 2 is 2.08 bits per heavy atom. The van der Waals surface area contributed by atoms with Gasteiger partial charge in [0.05, 0.1) is 6.04 Å². The Morgan fingerprint density at radius 1 is 1.42 bits per heavy atom. The summed E-state index contributed by atoms with van der Waals surface area (Å²) in [5.41, 5.74) is 7.29. The van der Waals surface area contributed by atoms with Crippen LogP contribution in [0.3, 0.4) is 0 Å². The maximum atomic E-state index is 9.29. The van der Waals surface area contributed by atoms with Gasteiger partial charge in [0.15, 0.2) is 0 Å². The van der Waals surface area contributed by atoms with Gasteiger partial charge in [-0.3, -0.25) is 0 Å². The van der Waals surface area contributed by atoms with Crippen LogP contribution >= 0.6 is 0 Å². The highest BCUT2D eigenvalue weighted by Crippen LogP contribution is 2.29. The quantitative estimate of drug-likeness (QED) is 0.589. The van der Waals surface area contributed by atoms with E-state index in [-0.39, 0.29) is 17.5 Å². The number of hydrogen-bond donors (Lipinski definition) is 3. The number of benzene rings is 1. The van der Waals surface area contributed by atoms with E-state index in [0.29, 0.717) is 5.56 Å². The first-order chi connectivity index (χ1) is 5.65. The second-order valence-electron chi connectivity index (χ2n) is 2.55. The van der Waals surface area contributed by atoms with E-state index < -0.39 is 0 Å². The molecule has 1 aromatic carbocycles. The molecule has 12 heavy (non-hydrogen) atoms. The Bertz CT molecular complexity index is 299. The fourth-order valence-corrected chi connectivity index (χ4v) is 0.955. The molecule has 0 aliphatic heterocycles. The van der Waals surface area contributed by atoms with Gasteiger partial charge in [-0.05, 0) is 19.1 Å². The lowest BCUT2D eigenvalue weighted by atomic mass is 10.1. The summed E-state index contributed by atoms with van der Waals surface area (Å²) in [5, 5.41) is 21.5. The maximum absolute atomic E-state index is 9.29. The molecule has 0 saturated heterocycles. The molecule has 0 amide bonds. The summed E-state index contributed by atoms with van der Waals surface area (Å²) in [6.07, 6.45) is 0. The van der Waals surface area contributed by atoms with Crippen LogP contribution in [-0.2, 0) is 0 Å². The molecular weight excluding hydrogens is 156 g/mol. The first kappa shape index (κ1) is 8.52. The summed E-state index contributed by atoms with van der Waals surface area (Å²) in [7, 11) is 0. The van der Waals surface area contributed by atoms with Crippen molar-refractivity contribution in [3.05, 3.63) is 23.8 Å². The van der Waals surface area contributed by atoms with Gasteiger partial charge in [-0.2, -0.15) is 5.11 Å². The van der Waals surface area contributed by atoms with E-state index in [1.54, 1.807) is 13.0 Å². The van der Waals surface area contributed by atoms with Gasteiger partial charge in [0.25, 0.3) is 0 Å². The summed E-state index contributed by atoms with van der Waals surface area (Å²) in [6, 6.07) is 3.87. The Balaban J connectivity index is 3.09. The smallest absolute Gasteiger partial charge is 0.124 e. The van der Waals surface area contributed by atoms with Gasteiger partial charge in [-0.1, -0.05) is 0 Å². The molecule has 0 fully saturated rings. The molecule has 0 aliphatic rings. The minimum absolute atomic E-state index is 0.00781. The SMILES string of the molecule is CC(N=N)c1ccc(O)cc1O. The zero-order chi connectivity index (χ0) is 9.14. The van der Waals surface area contributed by atoms with E-state index in [2.05, 4.69) is 5.11 Å². The van der Waals surface area contributed by atoms with E-state index in [1.807, 2.05) is 0 Å². The highest BCUT2D eigenvalue weighted by molar-refractivity contribution is 5.40. The van der Waals surface area contributed by atoms with Crippen molar-refractivity contribution in [3.8, 4) is 11.5 Å². The normalized spacial score (nSPS) is 12.4. The topological polar surface area (TPSA) is 76.7 Å². The van der Waals surface area contributed by atoms with Gasteiger partial charge in [0.2, 0.25) is 0 Å². The van der Waals surface area contributed by atoms with Crippen molar-refractivity contribution < 1.29 is 10.2 Å². The molecule has 1 aromatic rings. The van der Waals surface area contributed by atoms with Crippen LogP contribution in [0, 0.1) is 5.53 Å². The van der Waals surface area contributed by atoms with Gasteiger partial charge in [-0.25, -0.2) is 5.53 Å². The van der Waals surface area contributed by atoms with E-state index in [4.69, 9.17) is 10.6 Å². The lowest BCUT2D eigenvalue weighted by Crippen LogP contribution is -1.88. The van der Waals surface area contributed by atoms with Crippen LogP contribution in [0.2, 0.25) is 0 Å². The van der Waals surface area contributed by atoms with Crippen molar-refractivity contribution in [1.82, 2.24) is 0 Å². The molecule has 1 unspecified atom stereocenters. The number of nitrogens with one attached hydrogen (secondary N) is 1. The molecule has 0 heterocycles. The monoisotopic (exact) mass is 166 g/mol. The molecule has 0 radical (unpaired) electrons. The number of phenols is 2. The third-order valence-corrected chi connectivity index (χ3v) is 1.66. The zero-order valence-corrected chi connectivity index (χ0v) is 6.65. The third-order valence-electron chi connectivity index (χ3n) is 1.66. The second-order valence-corrected chi connectivity index (χ2v) is 2.55. The molecular formula is C8H10N2O2. The average molecular weight is 166 g/mol. The summed E-state index contributed by atoms with van der Waals surface area (Å²) < 4.78 is 0. The van der Waals surface area contributed by atoms with Crippen LogP contribution in [0.5, 0.6) is 11.5 Å². The first-order valence-corrected chi connectivity index (χ1v) is 3.53. The summed E-state index contributed by atoms with van der Waals surface area (Å²) in [5.74, 6) is -0.0214. The summed E-state index contributed by atoms with van der Waals surface area (Å²) >= 11 is 0. The first-order valence-electron chi connectivity index (χ1n) is 3.53. The molecule has 3 N–H and O–H groups in total. The predicted octanol–water partition coefficient (Wildman–Crippen LogP) is 2.19. The minimum Gasteiger partial charge on any atom is -0.508 e. The summed E-state index contributed by atoms with van der Waals surface area (Å²) in [4.78, 5) is 0. The fourth-order valence-electron chi connectivity index (χ4n) is 0.955. The average Bonchev–Trinajstić information content (AvgIpc) is 2.03. The van der Waals surface area contributed by atoms with Crippen molar-refractivity contribution in [2.45, 2.75) is 13.0 Å². The predicted molar refractivity (Wildman–Crippen MR) is 43.3 cm³/mol. The standard InChI is InChI=1S/C8H10N2O2/c1-5(10-9)7-3-2-6(11)4-8(7)12/h2-5,9,11-12H,1H3. The van der Waals surface area contributed by atoms with Gasteiger partial charge in [0.1, 0.15) is 11.5 Å². The third kappa shape index (κ3) is 1.53. The molecule has 0 aliphatic carbocycles. The van der Waals surface area contributed by atoms with Crippen molar-refractivity contribution in [1.29, 1.82) is 5.53 Å². The number of hydrogen-bond acceptors (Lipinski definition) is 4. The van der Waals surface area contributed by atoms with Crippen molar-refractivity contribution in [3.63, 3.8) is 0 Å². The summed E-state index contributed by atoms with van der Waals surface area (Å²) in [6.45, 7) is 1.69. The van der Waals surface area contributed by atoms with Gasteiger partial charge in [-0.15, -0.1) is 0 Å². The Labute approximate surface area is 70.0 Å². The molecule has 0 aromatic heterocycles. The van der Waals surface area contributed by atoms with E-state index in [9.17, 15) is 5.11 Å². The largest absolute Gasteiger partial charge is 0.508 e. The Kier molecular flexibility index (Phi) is 2.28. The number of nitrogens with zero attached hydrogens (tertiary/aromatic N) is 1. The number of phenolic OH excluding ortho intramolecular Hbond substituents is 2. The van der Waals surface area contributed by atoms with Crippen LogP contribution in [0.15, 0.2) is 23.3 Å². The molecule has 0 bridgehead atoms. The molecule has 1 atom stereocenters. The van der Waals surface area contributed by atoms with E-state index in [0.717, 1.165) is 0 Å². The lowest BCUT2D eigenvalue weighted by molar-refractivity contribution is 0.442. The maximum Gasteiger partial charge on any atom is 0.124 e. The second kappa shape index (κ2) is 3.21. The van der Waals surface area contributed by atoms with Gasteiger partial charge in [0, 0.05) is 11.6 Å². The minimum atomic E-state index is -0.370. The van der Waals surface area contributed by atoms with Crippen LogP contribution in [-0.4, -0.2) is 10.2 Å². The van der Waals surface area contributed by atoms with Crippen LogP contribution in [0.1, 0.15) is 18.5 Å². The number of rotatable bonds is 2.